The molecule has 0 radical (unpaired) electrons. The quantitative estimate of drug-likeness (QED) is 0.832. The summed E-state index contributed by atoms with van der Waals surface area (Å²) in [7, 11) is 0. The number of nitrogen functional groups attached to an aromatic ring is 1. The van der Waals surface area contributed by atoms with Crippen molar-refractivity contribution >= 4 is 22.4 Å². The maximum absolute atomic E-state index is 12.7. The molecule has 128 valence electrons. The first-order chi connectivity index (χ1) is 11.7. The van der Waals surface area contributed by atoms with Gasteiger partial charge in [0.25, 0.3) is 0 Å². The molecule has 7 heteroatoms. The summed E-state index contributed by atoms with van der Waals surface area (Å²) in [5, 5.41) is 2.45. The molecule has 24 heavy (non-hydrogen) atoms. The highest BCUT2D eigenvalue weighted by Crippen LogP contribution is 2.17. The molecule has 1 atom stereocenters. The van der Waals surface area contributed by atoms with Crippen LogP contribution in [0.4, 0.5) is 5.13 Å². The van der Waals surface area contributed by atoms with Crippen LogP contribution in [0.3, 0.4) is 0 Å². The zero-order valence-corrected chi connectivity index (χ0v) is 14.4. The van der Waals surface area contributed by atoms with Crippen LogP contribution in [-0.4, -0.2) is 40.0 Å². The van der Waals surface area contributed by atoms with Crippen molar-refractivity contribution in [1.82, 2.24) is 14.9 Å². The first-order valence-corrected chi connectivity index (χ1v) is 9.08. The van der Waals surface area contributed by atoms with Crippen LogP contribution in [0.2, 0.25) is 0 Å². The molecule has 0 aliphatic carbocycles. The molecule has 2 aromatic heterocycles. The Morgan fingerprint density at radius 3 is 3.00 bits per heavy atom. The summed E-state index contributed by atoms with van der Waals surface area (Å²) >= 11 is 1.41. The molecule has 1 fully saturated rings. The maximum Gasteiger partial charge on any atom is 0.223 e. The number of hydrogen-bond acceptors (Lipinski definition) is 6. The molecule has 0 spiro atoms. The predicted octanol–water partition coefficient (Wildman–Crippen LogP) is 2.26. The summed E-state index contributed by atoms with van der Waals surface area (Å²) in [6, 6.07) is 5.76. The molecular formula is C17H22N4O2S. The second kappa shape index (κ2) is 8.21. The van der Waals surface area contributed by atoms with Crippen LogP contribution in [0.1, 0.15) is 30.7 Å². The van der Waals surface area contributed by atoms with Crippen molar-refractivity contribution in [1.29, 1.82) is 0 Å². The molecule has 1 unspecified atom stereocenters. The lowest BCUT2D eigenvalue weighted by molar-refractivity contribution is -0.133. The number of aryl methyl sites for hydroxylation is 1. The SMILES string of the molecule is Nc1nc(CCC(=O)N(Cc2ccccn2)CC2CCCO2)cs1. The van der Waals surface area contributed by atoms with Gasteiger partial charge in [-0.3, -0.25) is 9.78 Å². The van der Waals surface area contributed by atoms with Crippen molar-refractivity contribution < 1.29 is 9.53 Å². The van der Waals surface area contributed by atoms with E-state index in [1.807, 2.05) is 28.5 Å². The van der Waals surface area contributed by atoms with Gasteiger partial charge in [0.1, 0.15) is 0 Å². The van der Waals surface area contributed by atoms with Gasteiger partial charge in [-0.05, 0) is 31.4 Å². The van der Waals surface area contributed by atoms with E-state index in [-0.39, 0.29) is 12.0 Å². The normalized spacial score (nSPS) is 17.1. The third-order valence-electron chi connectivity index (χ3n) is 4.04. The largest absolute Gasteiger partial charge is 0.376 e. The Balaban J connectivity index is 1.61. The van der Waals surface area contributed by atoms with E-state index < -0.39 is 0 Å². The van der Waals surface area contributed by atoms with E-state index in [0.29, 0.717) is 31.1 Å². The monoisotopic (exact) mass is 346 g/mol. The van der Waals surface area contributed by atoms with Crippen LogP contribution in [0.15, 0.2) is 29.8 Å². The number of carbonyl (C=O) groups is 1. The van der Waals surface area contributed by atoms with Crippen molar-refractivity contribution in [3.63, 3.8) is 0 Å². The lowest BCUT2D eigenvalue weighted by Crippen LogP contribution is -2.37. The first kappa shape index (κ1) is 16.9. The van der Waals surface area contributed by atoms with E-state index in [4.69, 9.17) is 10.5 Å². The van der Waals surface area contributed by atoms with Crippen LogP contribution >= 0.6 is 11.3 Å². The summed E-state index contributed by atoms with van der Waals surface area (Å²) in [5.74, 6) is 0.0997. The van der Waals surface area contributed by atoms with Crippen molar-refractivity contribution in [2.75, 3.05) is 18.9 Å². The van der Waals surface area contributed by atoms with Gasteiger partial charge < -0.3 is 15.4 Å². The topological polar surface area (TPSA) is 81.3 Å². The van der Waals surface area contributed by atoms with Gasteiger partial charge in [-0.15, -0.1) is 11.3 Å². The Kier molecular flexibility index (Phi) is 5.77. The van der Waals surface area contributed by atoms with Crippen LogP contribution < -0.4 is 5.73 Å². The number of rotatable bonds is 7. The fraction of sp³-hybridized carbons (Fsp3) is 0.471. The molecule has 0 aromatic carbocycles. The smallest absolute Gasteiger partial charge is 0.223 e. The molecule has 2 N–H and O–H groups in total. The molecule has 0 bridgehead atoms. The molecule has 1 aliphatic rings. The van der Waals surface area contributed by atoms with E-state index >= 15 is 0 Å². The second-order valence-electron chi connectivity index (χ2n) is 5.91. The third kappa shape index (κ3) is 4.75. The minimum Gasteiger partial charge on any atom is -0.376 e. The lowest BCUT2D eigenvalue weighted by atomic mass is 10.2. The van der Waals surface area contributed by atoms with Gasteiger partial charge in [0, 0.05) is 31.1 Å². The molecule has 3 heterocycles. The number of anilines is 1. The fourth-order valence-electron chi connectivity index (χ4n) is 2.81. The molecular weight excluding hydrogens is 324 g/mol. The molecule has 2 aromatic rings. The highest BCUT2D eigenvalue weighted by atomic mass is 32.1. The van der Waals surface area contributed by atoms with Gasteiger partial charge in [-0.25, -0.2) is 4.98 Å². The summed E-state index contributed by atoms with van der Waals surface area (Å²) in [6.45, 7) is 1.92. The van der Waals surface area contributed by atoms with Gasteiger partial charge in [0.2, 0.25) is 5.91 Å². The summed E-state index contributed by atoms with van der Waals surface area (Å²) in [6.07, 6.45) is 4.98. The zero-order valence-electron chi connectivity index (χ0n) is 13.6. The van der Waals surface area contributed by atoms with Gasteiger partial charge in [-0.1, -0.05) is 6.07 Å². The second-order valence-corrected chi connectivity index (χ2v) is 6.80. The van der Waals surface area contributed by atoms with Gasteiger partial charge in [0.15, 0.2) is 5.13 Å². The van der Waals surface area contributed by atoms with Crippen LogP contribution in [-0.2, 0) is 22.5 Å². The molecule has 1 saturated heterocycles. The van der Waals surface area contributed by atoms with Crippen LogP contribution in [0, 0.1) is 0 Å². The summed E-state index contributed by atoms with van der Waals surface area (Å²) < 4.78 is 5.70. The summed E-state index contributed by atoms with van der Waals surface area (Å²) in [5.41, 5.74) is 7.41. The van der Waals surface area contributed by atoms with Crippen molar-refractivity contribution in [3.05, 3.63) is 41.2 Å². The highest BCUT2D eigenvalue weighted by molar-refractivity contribution is 7.13. The number of amides is 1. The van der Waals surface area contributed by atoms with E-state index in [1.54, 1.807) is 6.20 Å². The Hall–Kier alpha value is -1.99. The number of hydrogen-bond donors (Lipinski definition) is 1. The van der Waals surface area contributed by atoms with Crippen LogP contribution in [0.25, 0.3) is 0 Å². The standard InChI is InChI=1S/C17H22N4O2S/c18-17-20-14(12-24-17)6-7-16(22)21(11-15-5-3-9-23-15)10-13-4-1-2-8-19-13/h1-2,4,8,12,15H,3,5-7,9-11H2,(H2,18,20). The average Bonchev–Trinajstić information content (AvgIpc) is 3.24. The maximum atomic E-state index is 12.7. The van der Waals surface area contributed by atoms with Crippen molar-refractivity contribution in [3.8, 4) is 0 Å². The van der Waals surface area contributed by atoms with Crippen molar-refractivity contribution in [2.24, 2.45) is 0 Å². The number of nitrogens with two attached hydrogens (primary N) is 1. The van der Waals surface area contributed by atoms with Gasteiger partial charge >= 0.3 is 0 Å². The molecule has 0 saturated carbocycles. The number of aromatic nitrogens is 2. The number of ether oxygens (including phenoxy) is 1. The zero-order chi connectivity index (χ0) is 16.8. The average molecular weight is 346 g/mol. The minimum atomic E-state index is 0.0997. The lowest BCUT2D eigenvalue weighted by Gasteiger charge is -2.25. The first-order valence-electron chi connectivity index (χ1n) is 8.20. The predicted molar refractivity (Wildman–Crippen MR) is 93.5 cm³/mol. The Bertz CT molecular complexity index is 656. The third-order valence-corrected chi connectivity index (χ3v) is 4.77. The number of nitrogens with zero attached hydrogens (tertiary/aromatic N) is 3. The van der Waals surface area contributed by atoms with Gasteiger partial charge in [0.05, 0.1) is 24.0 Å². The Labute approximate surface area is 145 Å². The fourth-order valence-corrected chi connectivity index (χ4v) is 3.40. The van der Waals surface area contributed by atoms with E-state index in [9.17, 15) is 4.79 Å². The Morgan fingerprint density at radius 1 is 1.42 bits per heavy atom. The molecule has 6 nitrogen and oxygen atoms in total. The number of pyridine rings is 1. The number of thiazole rings is 1. The highest BCUT2D eigenvalue weighted by Gasteiger charge is 2.23. The molecule has 3 rings (SSSR count). The van der Waals surface area contributed by atoms with Crippen molar-refractivity contribution in [2.45, 2.75) is 38.3 Å². The number of carbonyl (C=O) groups excluding carboxylic acids is 1. The molecule has 1 amide bonds. The Morgan fingerprint density at radius 2 is 2.33 bits per heavy atom. The van der Waals surface area contributed by atoms with Crippen LogP contribution in [0.5, 0.6) is 0 Å². The minimum absolute atomic E-state index is 0.0997. The van der Waals surface area contributed by atoms with E-state index in [1.165, 1.54) is 11.3 Å². The van der Waals surface area contributed by atoms with E-state index in [2.05, 4.69) is 9.97 Å². The van der Waals surface area contributed by atoms with E-state index in [0.717, 1.165) is 30.8 Å². The van der Waals surface area contributed by atoms with Gasteiger partial charge in [-0.2, -0.15) is 0 Å². The summed E-state index contributed by atoms with van der Waals surface area (Å²) in [4.78, 5) is 23.1. The molecule has 1 aliphatic heterocycles.